The minimum atomic E-state index is -0.583. The second-order valence-corrected chi connectivity index (χ2v) is 6.75. The number of aromatic nitrogens is 5. The van der Waals surface area contributed by atoms with Crippen LogP contribution >= 0.6 is 24.0 Å². The molecule has 3 aromatic heterocycles. The van der Waals surface area contributed by atoms with Crippen molar-refractivity contribution in [1.82, 2.24) is 29.9 Å². The Morgan fingerprint density at radius 3 is 2.78 bits per heavy atom. The fourth-order valence-electron chi connectivity index (χ4n) is 3.26. The van der Waals surface area contributed by atoms with Crippen LogP contribution in [0.2, 0.25) is 5.02 Å². The van der Waals surface area contributed by atoms with E-state index in [-0.39, 0.29) is 34.7 Å². The van der Waals surface area contributed by atoms with Gasteiger partial charge in [0.15, 0.2) is 17.0 Å². The fraction of sp³-hybridized carbons (Fsp3) is 0.267. The van der Waals surface area contributed by atoms with Crippen molar-refractivity contribution in [2.24, 2.45) is 0 Å². The first-order valence-electron chi connectivity index (χ1n) is 8.04. The van der Waals surface area contributed by atoms with E-state index in [0.717, 1.165) is 19.3 Å². The number of fused-ring (bicyclic) bond motifs is 2. The van der Waals surface area contributed by atoms with Gasteiger partial charge < -0.3 is 15.6 Å². The van der Waals surface area contributed by atoms with Gasteiger partial charge in [-0.15, -0.1) is 12.4 Å². The summed E-state index contributed by atoms with van der Waals surface area (Å²) in [6.07, 6.45) is 5.32. The highest BCUT2D eigenvalue weighted by Crippen LogP contribution is 2.34. The largest absolute Gasteiger partial charge is 0.334 e. The van der Waals surface area contributed by atoms with Crippen LogP contribution in [0.3, 0.4) is 0 Å². The first-order valence-corrected chi connectivity index (χ1v) is 8.41. The Balaban J connectivity index is 0.00000180. The number of carbonyl (C=O) groups excluding carboxylic acids is 1. The number of halogens is 2. The summed E-state index contributed by atoms with van der Waals surface area (Å²) in [4.78, 5) is 40.6. The lowest BCUT2D eigenvalue weighted by atomic mass is 9.84. The average molecular weight is 409 g/mol. The Hall–Kier alpha value is -2.85. The molecule has 10 nitrogen and oxygen atoms in total. The Morgan fingerprint density at radius 2 is 2.04 bits per heavy atom. The summed E-state index contributed by atoms with van der Waals surface area (Å²) in [5.74, 6) is -0.00240. The van der Waals surface area contributed by atoms with E-state index in [0.29, 0.717) is 17.0 Å². The molecule has 0 saturated heterocycles. The van der Waals surface area contributed by atoms with Crippen LogP contribution in [-0.4, -0.2) is 36.2 Å². The third-order valence-electron chi connectivity index (χ3n) is 4.73. The second-order valence-electron chi connectivity index (χ2n) is 6.34. The molecule has 1 aliphatic carbocycles. The van der Waals surface area contributed by atoms with Crippen LogP contribution in [0, 0.1) is 0 Å². The Bertz CT molecular complexity index is 1120. The highest BCUT2D eigenvalue weighted by atomic mass is 35.5. The number of hydrogen-bond donors (Lipinski definition) is 4. The van der Waals surface area contributed by atoms with Gasteiger partial charge in [0.05, 0.1) is 11.3 Å². The summed E-state index contributed by atoms with van der Waals surface area (Å²) in [5.41, 5.74) is 3.40. The van der Waals surface area contributed by atoms with Crippen molar-refractivity contribution < 1.29 is 4.79 Å². The van der Waals surface area contributed by atoms with Gasteiger partial charge in [-0.2, -0.15) is 0 Å². The molecule has 4 heterocycles. The Labute approximate surface area is 163 Å². The van der Waals surface area contributed by atoms with E-state index in [4.69, 9.17) is 11.6 Å². The van der Waals surface area contributed by atoms with Gasteiger partial charge in [0, 0.05) is 0 Å². The van der Waals surface area contributed by atoms with Crippen LogP contribution in [0.1, 0.15) is 29.8 Å². The molecule has 4 N–H and O–H groups in total. The summed E-state index contributed by atoms with van der Waals surface area (Å²) in [6, 6.07) is 1.41. The number of carbonyl (C=O) groups is 1. The molecule has 140 valence electrons. The van der Waals surface area contributed by atoms with E-state index in [1.165, 1.54) is 23.4 Å². The molecule has 0 bridgehead atoms. The quantitative estimate of drug-likeness (QED) is 0.505. The number of H-pyrrole nitrogens is 1. The molecular formula is C15H14Cl2N8O2. The SMILES string of the molecule is Cl.O=C1NC2(CCC2)Nn2c1c(Cl)cc(Nc1ncnc3[nH]cnc13)c2=O. The third-order valence-corrected chi connectivity index (χ3v) is 5.01. The predicted octanol–water partition coefficient (Wildman–Crippen LogP) is 1.50. The van der Waals surface area contributed by atoms with Crippen LogP contribution in [0.15, 0.2) is 23.5 Å². The van der Waals surface area contributed by atoms with E-state index >= 15 is 0 Å². The molecule has 1 aliphatic heterocycles. The number of imidazole rings is 1. The van der Waals surface area contributed by atoms with Gasteiger partial charge in [-0.3, -0.25) is 15.0 Å². The zero-order chi connectivity index (χ0) is 17.9. The van der Waals surface area contributed by atoms with Crippen molar-refractivity contribution in [3.8, 4) is 0 Å². The number of rotatable bonds is 2. The smallest absolute Gasteiger partial charge is 0.293 e. The first-order chi connectivity index (χ1) is 12.6. The molecular weight excluding hydrogens is 395 g/mol. The molecule has 12 heteroatoms. The number of amides is 1. The number of aromatic amines is 1. The number of nitrogens with zero attached hydrogens (tertiary/aromatic N) is 4. The number of pyridine rings is 1. The van der Waals surface area contributed by atoms with Crippen molar-refractivity contribution in [2.45, 2.75) is 24.9 Å². The van der Waals surface area contributed by atoms with Crippen molar-refractivity contribution in [1.29, 1.82) is 0 Å². The summed E-state index contributed by atoms with van der Waals surface area (Å²) in [5, 5.41) is 5.99. The minimum absolute atomic E-state index is 0. The van der Waals surface area contributed by atoms with Crippen LogP contribution < -0.4 is 21.6 Å². The van der Waals surface area contributed by atoms with Crippen LogP contribution in [0.4, 0.5) is 11.5 Å². The maximum absolute atomic E-state index is 12.9. The summed E-state index contributed by atoms with van der Waals surface area (Å²) in [6.45, 7) is 0. The minimum Gasteiger partial charge on any atom is -0.334 e. The summed E-state index contributed by atoms with van der Waals surface area (Å²) >= 11 is 6.28. The lowest BCUT2D eigenvalue weighted by Crippen LogP contribution is -2.67. The van der Waals surface area contributed by atoms with Gasteiger partial charge in [-0.1, -0.05) is 11.6 Å². The summed E-state index contributed by atoms with van der Waals surface area (Å²) < 4.78 is 1.21. The van der Waals surface area contributed by atoms with Crippen molar-refractivity contribution in [2.75, 3.05) is 10.7 Å². The molecule has 2 aliphatic rings. The molecule has 1 fully saturated rings. The number of anilines is 2. The van der Waals surface area contributed by atoms with Gasteiger partial charge in [-0.25, -0.2) is 19.6 Å². The molecule has 1 saturated carbocycles. The zero-order valence-corrected chi connectivity index (χ0v) is 15.3. The van der Waals surface area contributed by atoms with Crippen LogP contribution in [-0.2, 0) is 0 Å². The maximum Gasteiger partial charge on any atom is 0.293 e. The maximum atomic E-state index is 12.9. The second kappa shape index (κ2) is 6.10. The van der Waals surface area contributed by atoms with E-state index in [1.807, 2.05) is 0 Å². The molecule has 0 unspecified atom stereocenters. The van der Waals surface area contributed by atoms with Gasteiger partial charge in [-0.05, 0) is 25.3 Å². The lowest BCUT2D eigenvalue weighted by molar-refractivity contribution is 0.0790. The molecule has 27 heavy (non-hydrogen) atoms. The Kier molecular flexibility index (Phi) is 3.97. The molecule has 1 amide bonds. The van der Waals surface area contributed by atoms with Gasteiger partial charge >= 0.3 is 0 Å². The lowest BCUT2D eigenvalue weighted by Gasteiger charge is -2.47. The highest BCUT2D eigenvalue weighted by molar-refractivity contribution is 6.34. The van der Waals surface area contributed by atoms with E-state index < -0.39 is 11.2 Å². The zero-order valence-electron chi connectivity index (χ0n) is 13.7. The predicted molar refractivity (Wildman–Crippen MR) is 101 cm³/mol. The highest BCUT2D eigenvalue weighted by Gasteiger charge is 2.44. The molecule has 5 rings (SSSR count). The van der Waals surface area contributed by atoms with Crippen LogP contribution in [0.5, 0.6) is 0 Å². The van der Waals surface area contributed by atoms with E-state index in [2.05, 4.69) is 36.0 Å². The third kappa shape index (κ3) is 2.60. The molecule has 1 spiro atoms. The van der Waals surface area contributed by atoms with Gasteiger partial charge in [0.1, 0.15) is 23.4 Å². The molecule has 3 aromatic rings. The van der Waals surface area contributed by atoms with Crippen molar-refractivity contribution >= 4 is 52.6 Å². The van der Waals surface area contributed by atoms with Crippen molar-refractivity contribution in [3.63, 3.8) is 0 Å². The van der Waals surface area contributed by atoms with E-state index in [9.17, 15) is 9.59 Å². The monoisotopic (exact) mass is 408 g/mol. The summed E-state index contributed by atoms with van der Waals surface area (Å²) in [7, 11) is 0. The average Bonchev–Trinajstić information content (AvgIpc) is 3.07. The normalized spacial score (nSPS) is 16.7. The van der Waals surface area contributed by atoms with E-state index in [1.54, 1.807) is 0 Å². The molecule has 0 aromatic carbocycles. The number of nitrogens with one attached hydrogen (secondary N) is 4. The topological polar surface area (TPSA) is 130 Å². The number of hydrogen-bond acceptors (Lipinski definition) is 7. The Morgan fingerprint density at radius 1 is 1.22 bits per heavy atom. The van der Waals surface area contributed by atoms with Gasteiger partial charge in [0.25, 0.3) is 11.5 Å². The standard InChI is InChI=1S/C15H13ClN8O2.ClH/c16-7-4-8(21-12-9-11(18-5-17-9)19-6-20-12)14(26)24-10(7)13(25)22-15(23-24)2-1-3-15;/h4-6,23H,1-3H2,(H,22,25)(H2,17,18,19,20,21);1H. The van der Waals surface area contributed by atoms with Crippen LogP contribution in [0.25, 0.3) is 11.2 Å². The molecule has 0 radical (unpaired) electrons. The van der Waals surface area contributed by atoms with Gasteiger partial charge in [0.2, 0.25) is 0 Å². The fourth-order valence-corrected chi connectivity index (χ4v) is 3.54. The van der Waals surface area contributed by atoms with Crippen molar-refractivity contribution in [3.05, 3.63) is 39.8 Å². The molecule has 0 atom stereocenters. The first kappa shape index (κ1) is 17.6.